The van der Waals surface area contributed by atoms with Gasteiger partial charge in [0.15, 0.2) is 6.17 Å². The molecule has 15 heavy (non-hydrogen) atoms. The van der Waals surface area contributed by atoms with Crippen molar-refractivity contribution in [2.24, 2.45) is 0 Å². The molecule has 0 aliphatic rings. The summed E-state index contributed by atoms with van der Waals surface area (Å²) in [4.78, 5) is 0. The van der Waals surface area contributed by atoms with Crippen LogP contribution in [0.25, 0.3) is 0 Å². The van der Waals surface area contributed by atoms with E-state index in [1.807, 2.05) is 0 Å². The molecule has 0 radical (unpaired) electrons. The monoisotopic (exact) mass is 288 g/mol. The summed E-state index contributed by atoms with van der Waals surface area (Å²) < 4.78 is 62.4. The topological polar surface area (TPSA) is 0 Å². The number of benzene rings is 1. The Morgan fingerprint density at radius 3 is 1.87 bits per heavy atom. The zero-order valence-corrected chi connectivity index (χ0v) is 8.82. The lowest BCUT2D eigenvalue weighted by atomic mass is 10.1. The van der Waals surface area contributed by atoms with Gasteiger partial charge in [-0.3, -0.25) is 0 Å². The van der Waals surface area contributed by atoms with Gasteiger partial charge >= 0.3 is 12.3 Å². The van der Waals surface area contributed by atoms with Gasteiger partial charge in [0.1, 0.15) is 0 Å². The predicted molar refractivity (Wildman–Crippen MR) is 48.9 cm³/mol. The van der Waals surface area contributed by atoms with Crippen LogP contribution < -0.4 is 0 Å². The minimum Gasteiger partial charge on any atom is -0.235 e. The molecule has 1 atom stereocenters. The van der Waals surface area contributed by atoms with Gasteiger partial charge in [-0.15, -0.1) is 0 Å². The molecule has 1 unspecified atom stereocenters. The second-order valence-electron chi connectivity index (χ2n) is 2.89. The molecule has 0 saturated carbocycles. The smallest absolute Gasteiger partial charge is 0.235 e. The van der Waals surface area contributed by atoms with Crippen LogP contribution >= 0.6 is 15.9 Å². The molecule has 0 aliphatic heterocycles. The van der Waals surface area contributed by atoms with Crippen molar-refractivity contribution in [1.29, 1.82) is 0 Å². The molecule has 1 aromatic carbocycles. The predicted octanol–water partition coefficient (Wildman–Crippen LogP) is 4.36. The van der Waals surface area contributed by atoms with Gasteiger partial charge < -0.3 is 0 Å². The van der Waals surface area contributed by atoms with Crippen molar-refractivity contribution in [3.8, 4) is 0 Å². The Morgan fingerprint density at radius 1 is 1.00 bits per heavy atom. The highest BCUT2D eigenvalue weighted by Gasteiger charge is 2.50. The highest BCUT2D eigenvalue weighted by Crippen LogP contribution is 2.39. The Kier molecular flexibility index (Phi) is 3.70. The summed E-state index contributed by atoms with van der Waals surface area (Å²) >= 11 is 3.02. The second kappa shape index (κ2) is 4.47. The minimum atomic E-state index is -4.66. The van der Waals surface area contributed by atoms with Crippen LogP contribution in [0.15, 0.2) is 28.7 Å². The van der Waals surface area contributed by atoms with E-state index in [0.29, 0.717) is 4.47 Å². The fourth-order valence-corrected chi connectivity index (χ4v) is 1.23. The van der Waals surface area contributed by atoms with Crippen molar-refractivity contribution < 1.29 is 22.0 Å². The molecule has 0 aromatic heterocycles. The van der Waals surface area contributed by atoms with E-state index in [2.05, 4.69) is 15.9 Å². The Morgan fingerprint density at radius 2 is 1.47 bits per heavy atom. The third kappa shape index (κ3) is 2.68. The normalized spacial score (nSPS) is 14.3. The first-order valence-electron chi connectivity index (χ1n) is 3.91. The van der Waals surface area contributed by atoms with Crippen LogP contribution in [-0.4, -0.2) is 12.3 Å². The maximum absolute atomic E-state index is 13.1. The first-order chi connectivity index (χ1) is 6.85. The van der Waals surface area contributed by atoms with E-state index >= 15 is 0 Å². The highest BCUT2D eigenvalue weighted by molar-refractivity contribution is 9.10. The Labute approximate surface area is 91.2 Å². The Balaban J connectivity index is 2.94. The average molecular weight is 289 g/mol. The zero-order chi connectivity index (χ0) is 11.6. The molecular weight excluding hydrogens is 283 g/mol. The second-order valence-corrected chi connectivity index (χ2v) is 3.81. The quantitative estimate of drug-likeness (QED) is 0.725. The lowest BCUT2D eigenvalue weighted by Gasteiger charge is -2.19. The summed E-state index contributed by atoms with van der Waals surface area (Å²) in [5, 5.41) is 0. The molecule has 6 heteroatoms. The van der Waals surface area contributed by atoms with Crippen LogP contribution in [0.3, 0.4) is 0 Å². The van der Waals surface area contributed by atoms with Crippen molar-refractivity contribution >= 4 is 15.9 Å². The summed E-state index contributed by atoms with van der Waals surface area (Å²) in [5.74, 6) is -4.66. The van der Waals surface area contributed by atoms with E-state index in [4.69, 9.17) is 0 Å². The average Bonchev–Trinajstić information content (AvgIpc) is 2.17. The summed E-state index contributed by atoms with van der Waals surface area (Å²) in [5.41, 5.74) is -0.469. The maximum atomic E-state index is 13.1. The van der Waals surface area contributed by atoms with Gasteiger partial charge in [0.05, 0.1) is 0 Å². The first-order valence-corrected chi connectivity index (χ1v) is 4.70. The third-order valence-electron chi connectivity index (χ3n) is 1.79. The van der Waals surface area contributed by atoms with Crippen LogP contribution in [0.2, 0.25) is 0 Å². The fourth-order valence-electron chi connectivity index (χ4n) is 0.965. The molecule has 0 nitrogen and oxygen atoms in total. The summed E-state index contributed by atoms with van der Waals surface area (Å²) in [6, 6.07) is 4.68. The van der Waals surface area contributed by atoms with Gasteiger partial charge in [0.25, 0.3) is 0 Å². The molecule has 0 fully saturated rings. The van der Waals surface area contributed by atoms with E-state index in [-0.39, 0.29) is 0 Å². The van der Waals surface area contributed by atoms with Crippen molar-refractivity contribution in [2.45, 2.75) is 18.5 Å². The summed E-state index contributed by atoms with van der Waals surface area (Å²) in [6.07, 6.45) is -7.01. The molecule has 0 saturated heterocycles. The van der Waals surface area contributed by atoms with Gasteiger partial charge in [-0.2, -0.15) is 8.78 Å². The van der Waals surface area contributed by atoms with Gasteiger partial charge in [0, 0.05) is 4.47 Å². The lowest BCUT2D eigenvalue weighted by molar-refractivity contribution is -0.172. The standard InChI is InChI=1S/C9H6BrF5/c10-6-3-1-5(2-4-6)7(11)9(14,15)8(12)13/h1-4,7-8H. The number of hydrogen-bond acceptors (Lipinski definition) is 0. The molecule has 0 spiro atoms. The maximum Gasteiger partial charge on any atom is 0.341 e. The fraction of sp³-hybridized carbons (Fsp3) is 0.333. The minimum absolute atomic E-state index is 0.469. The number of alkyl halides is 5. The third-order valence-corrected chi connectivity index (χ3v) is 2.32. The lowest BCUT2D eigenvalue weighted by Crippen LogP contribution is -2.32. The van der Waals surface area contributed by atoms with Gasteiger partial charge in [-0.1, -0.05) is 28.1 Å². The van der Waals surface area contributed by atoms with Gasteiger partial charge in [-0.25, -0.2) is 13.2 Å². The van der Waals surface area contributed by atoms with Crippen molar-refractivity contribution in [3.63, 3.8) is 0 Å². The summed E-state index contributed by atoms with van der Waals surface area (Å²) in [6.45, 7) is 0. The van der Waals surface area contributed by atoms with E-state index < -0.39 is 24.1 Å². The van der Waals surface area contributed by atoms with E-state index in [1.54, 1.807) is 0 Å². The van der Waals surface area contributed by atoms with Crippen molar-refractivity contribution in [3.05, 3.63) is 34.3 Å². The van der Waals surface area contributed by atoms with Gasteiger partial charge in [-0.05, 0) is 17.7 Å². The molecule has 1 aromatic rings. The zero-order valence-electron chi connectivity index (χ0n) is 7.23. The molecule has 0 bridgehead atoms. The largest absolute Gasteiger partial charge is 0.341 e. The molecule has 84 valence electrons. The van der Waals surface area contributed by atoms with Crippen molar-refractivity contribution in [1.82, 2.24) is 0 Å². The molecule has 0 N–H and O–H groups in total. The molecule has 0 amide bonds. The van der Waals surface area contributed by atoms with Crippen LogP contribution in [0, 0.1) is 0 Å². The van der Waals surface area contributed by atoms with Crippen LogP contribution in [0.4, 0.5) is 22.0 Å². The van der Waals surface area contributed by atoms with E-state index in [1.165, 1.54) is 12.1 Å². The van der Waals surface area contributed by atoms with Crippen LogP contribution in [0.1, 0.15) is 11.7 Å². The van der Waals surface area contributed by atoms with Crippen molar-refractivity contribution in [2.75, 3.05) is 0 Å². The van der Waals surface area contributed by atoms with Gasteiger partial charge in [0.2, 0.25) is 0 Å². The van der Waals surface area contributed by atoms with E-state index in [9.17, 15) is 22.0 Å². The molecule has 0 heterocycles. The van der Waals surface area contributed by atoms with Crippen LogP contribution in [0.5, 0.6) is 0 Å². The molecule has 0 aliphatic carbocycles. The molecule has 1 rings (SSSR count). The number of hydrogen-bond donors (Lipinski definition) is 0. The Hall–Kier alpha value is -0.650. The highest BCUT2D eigenvalue weighted by atomic mass is 79.9. The SMILES string of the molecule is FC(F)C(F)(F)C(F)c1ccc(Br)cc1. The number of halogens is 6. The summed E-state index contributed by atoms with van der Waals surface area (Å²) in [7, 11) is 0. The first kappa shape index (κ1) is 12.4. The number of rotatable bonds is 3. The van der Waals surface area contributed by atoms with Crippen LogP contribution in [-0.2, 0) is 0 Å². The Bertz CT molecular complexity index is 322. The van der Waals surface area contributed by atoms with E-state index in [0.717, 1.165) is 12.1 Å². The molecular formula is C9H6BrF5.